The Labute approximate surface area is 123 Å². The Morgan fingerprint density at radius 2 is 1.71 bits per heavy atom. The molecule has 21 heavy (non-hydrogen) atoms. The Morgan fingerprint density at radius 3 is 2.29 bits per heavy atom. The van der Waals surface area contributed by atoms with Crippen LogP contribution in [0, 0.1) is 6.92 Å². The summed E-state index contributed by atoms with van der Waals surface area (Å²) >= 11 is 0. The molecule has 0 fully saturated rings. The lowest BCUT2D eigenvalue weighted by Gasteiger charge is -2.09. The van der Waals surface area contributed by atoms with Gasteiger partial charge in [0.25, 0.3) is 0 Å². The first kappa shape index (κ1) is 15.2. The Bertz CT molecular complexity index is 751. The normalized spacial score (nSPS) is 11.3. The van der Waals surface area contributed by atoms with Crippen molar-refractivity contribution in [2.75, 3.05) is 0 Å². The molecule has 0 heterocycles. The van der Waals surface area contributed by atoms with Crippen molar-refractivity contribution in [3.63, 3.8) is 0 Å². The Hall–Kier alpha value is -2.18. The van der Waals surface area contributed by atoms with Crippen molar-refractivity contribution in [3.8, 4) is 0 Å². The fourth-order valence-electron chi connectivity index (χ4n) is 1.88. The van der Waals surface area contributed by atoms with Crippen LogP contribution in [0.4, 0.5) is 0 Å². The summed E-state index contributed by atoms with van der Waals surface area (Å²) in [5.74, 6) is -1.01. The molecule has 110 valence electrons. The van der Waals surface area contributed by atoms with E-state index in [0.717, 1.165) is 0 Å². The number of rotatable bonds is 5. The van der Waals surface area contributed by atoms with Crippen molar-refractivity contribution in [3.05, 3.63) is 65.2 Å². The van der Waals surface area contributed by atoms with Gasteiger partial charge >= 0.3 is 5.97 Å². The fraction of sp³-hybridized carbons (Fsp3) is 0.133. The fourth-order valence-corrected chi connectivity index (χ4v) is 3.14. The van der Waals surface area contributed by atoms with E-state index in [0.29, 0.717) is 11.1 Å². The Kier molecular flexibility index (Phi) is 4.40. The molecule has 2 aromatic rings. The molecule has 0 aromatic heterocycles. The second-order valence-corrected chi connectivity index (χ2v) is 6.33. The van der Waals surface area contributed by atoms with E-state index in [4.69, 9.17) is 5.11 Å². The summed E-state index contributed by atoms with van der Waals surface area (Å²) in [6.07, 6.45) is 0. The van der Waals surface area contributed by atoms with Gasteiger partial charge in [0.05, 0.1) is 10.5 Å². The highest BCUT2D eigenvalue weighted by atomic mass is 32.2. The maximum absolute atomic E-state index is 12.2. The number of benzene rings is 2. The first-order valence-electron chi connectivity index (χ1n) is 6.28. The van der Waals surface area contributed by atoms with E-state index in [1.807, 2.05) is 0 Å². The summed E-state index contributed by atoms with van der Waals surface area (Å²) in [5.41, 5.74) is 1.53. The minimum atomic E-state index is -3.58. The van der Waals surface area contributed by atoms with Gasteiger partial charge in [-0.05, 0) is 36.2 Å². The van der Waals surface area contributed by atoms with Crippen LogP contribution in [0.15, 0.2) is 53.4 Å². The molecule has 0 amide bonds. The third kappa shape index (κ3) is 3.68. The molecule has 0 atom stereocenters. The maximum atomic E-state index is 12.2. The van der Waals surface area contributed by atoms with Crippen LogP contribution in [0.2, 0.25) is 0 Å². The Morgan fingerprint density at radius 1 is 1.10 bits per heavy atom. The molecule has 6 heteroatoms. The van der Waals surface area contributed by atoms with Gasteiger partial charge in [0.15, 0.2) is 0 Å². The quantitative estimate of drug-likeness (QED) is 0.887. The zero-order valence-corrected chi connectivity index (χ0v) is 12.2. The summed E-state index contributed by atoms with van der Waals surface area (Å²) in [7, 11) is -3.58. The van der Waals surface area contributed by atoms with E-state index in [1.54, 1.807) is 43.3 Å². The van der Waals surface area contributed by atoms with E-state index < -0.39 is 16.0 Å². The highest BCUT2D eigenvalue weighted by Gasteiger charge is 2.15. The van der Waals surface area contributed by atoms with Gasteiger partial charge < -0.3 is 5.11 Å². The first-order chi connectivity index (χ1) is 9.90. The molecular formula is C15H15NO4S. The summed E-state index contributed by atoms with van der Waals surface area (Å²) in [4.78, 5) is 11.0. The van der Waals surface area contributed by atoms with Gasteiger partial charge in [0, 0.05) is 6.54 Å². The molecule has 0 spiro atoms. The molecular weight excluding hydrogens is 290 g/mol. The van der Waals surface area contributed by atoms with E-state index in [9.17, 15) is 13.2 Å². The van der Waals surface area contributed by atoms with Crippen molar-refractivity contribution < 1.29 is 18.3 Å². The second-order valence-electron chi connectivity index (χ2n) is 4.59. The molecule has 2 N–H and O–H groups in total. The average Bonchev–Trinajstić information content (AvgIpc) is 2.46. The summed E-state index contributed by atoms with van der Waals surface area (Å²) in [6.45, 7) is 1.84. The smallest absolute Gasteiger partial charge is 0.335 e. The number of aryl methyl sites for hydroxylation is 1. The summed E-state index contributed by atoms with van der Waals surface area (Å²) in [6, 6.07) is 12.8. The molecule has 2 aromatic carbocycles. The minimum absolute atomic E-state index is 0.108. The average molecular weight is 305 g/mol. The lowest BCUT2D eigenvalue weighted by molar-refractivity contribution is 0.0697. The zero-order valence-electron chi connectivity index (χ0n) is 11.4. The highest BCUT2D eigenvalue weighted by Crippen LogP contribution is 2.14. The number of sulfonamides is 1. The van der Waals surface area contributed by atoms with Crippen molar-refractivity contribution in [2.45, 2.75) is 18.4 Å². The SMILES string of the molecule is Cc1ccccc1S(=O)(=O)NCc1ccc(C(=O)O)cc1. The largest absolute Gasteiger partial charge is 0.478 e. The van der Waals surface area contributed by atoms with Crippen molar-refractivity contribution >= 4 is 16.0 Å². The molecule has 0 aliphatic rings. The van der Waals surface area contributed by atoms with Crippen LogP contribution < -0.4 is 4.72 Å². The van der Waals surface area contributed by atoms with Gasteiger partial charge in [-0.1, -0.05) is 30.3 Å². The molecule has 0 saturated heterocycles. The molecule has 0 saturated carbocycles. The number of carboxylic acid groups (broad SMARTS) is 1. The molecule has 0 unspecified atom stereocenters. The topological polar surface area (TPSA) is 83.5 Å². The van der Waals surface area contributed by atoms with Crippen molar-refractivity contribution in [2.24, 2.45) is 0 Å². The van der Waals surface area contributed by atoms with Crippen molar-refractivity contribution in [1.82, 2.24) is 4.72 Å². The molecule has 0 aliphatic carbocycles. The highest BCUT2D eigenvalue weighted by molar-refractivity contribution is 7.89. The number of aromatic carboxylic acids is 1. The third-order valence-electron chi connectivity index (χ3n) is 3.05. The van der Waals surface area contributed by atoms with E-state index in [1.165, 1.54) is 12.1 Å². The van der Waals surface area contributed by atoms with Crippen LogP contribution in [-0.2, 0) is 16.6 Å². The summed E-state index contributed by atoms with van der Waals surface area (Å²) < 4.78 is 26.9. The minimum Gasteiger partial charge on any atom is -0.478 e. The second kappa shape index (κ2) is 6.07. The maximum Gasteiger partial charge on any atom is 0.335 e. The zero-order chi connectivity index (χ0) is 15.5. The van der Waals surface area contributed by atoms with Gasteiger partial charge in [-0.25, -0.2) is 17.9 Å². The lowest BCUT2D eigenvalue weighted by Crippen LogP contribution is -2.24. The number of hydrogen-bond donors (Lipinski definition) is 2. The predicted molar refractivity (Wildman–Crippen MR) is 78.6 cm³/mol. The van der Waals surface area contributed by atoms with Gasteiger partial charge in [-0.2, -0.15) is 0 Å². The monoisotopic (exact) mass is 305 g/mol. The van der Waals surface area contributed by atoms with Crippen LogP contribution in [0.3, 0.4) is 0 Å². The van der Waals surface area contributed by atoms with Crippen LogP contribution in [0.5, 0.6) is 0 Å². The van der Waals surface area contributed by atoms with Gasteiger partial charge in [0.1, 0.15) is 0 Å². The third-order valence-corrected chi connectivity index (χ3v) is 4.61. The van der Waals surface area contributed by atoms with Gasteiger partial charge in [-0.3, -0.25) is 0 Å². The molecule has 0 radical (unpaired) electrons. The van der Waals surface area contributed by atoms with Crippen molar-refractivity contribution in [1.29, 1.82) is 0 Å². The Balaban J connectivity index is 2.12. The first-order valence-corrected chi connectivity index (χ1v) is 7.76. The van der Waals surface area contributed by atoms with Crippen LogP contribution in [0.25, 0.3) is 0 Å². The molecule has 0 bridgehead atoms. The van der Waals surface area contributed by atoms with E-state index in [-0.39, 0.29) is 17.0 Å². The van der Waals surface area contributed by atoms with Gasteiger partial charge in [-0.15, -0.1) is 0 Å². The number of carboxylic acids is 1. The van der Waals surface area contributed by atoms with Crippen LogP contribution in [0.1, 0.15) is 21.5 Å². The van der Waals surface area contributed by atoms with Gasteiger partial charge in [0.2, 0.25) is 10.0 Å². The lowest BCUT2D eigenvalue weighted by atomic mass is 10.1. The number of carbonyl (C=O) groups is 1. The number of nitrogens with one attached hydrogen (secondary N) is 1. The number of hydrogen-bond acceptors (Lipinski definition) is 3. The van der Waals surface area contributed by atoms with Crippen LogP contribution in [-0.4, -0.2) is 19.5 Å². The predicted octanol–water partition coefficient (Wildman–Crippen LogP) is 2.17. The molecule has 0 aliphatic heterocycles. The van der Waals surface area contributed by atoms with E-state index >= 15 is 0 Å². The molecule has 5 nitrogen and oxygen atoms in total. The molecule has 2 rings (SSSR count). The van der Waals surface area contributed by atoms with Crippen LogP contribution >= 0.6 is 0 Å². The van der Waals surface area contributed by atoms with E-state index in [2.05, 4.69) is 4.72 Å². The summed E-state index contributed by atoms with van der Waals surface area (Å²) in [5, 5.41) is 8.80. The standard InChI is InChI=1S/C15H15NO4S/c1-11-4-2-3-5-14(11)21(19,20)16-10-12-6-8-13(9-7-12)15(17)18/h2-9,16H,10H2,1H3,(H,17,18).